The second-order valence-electron chi connectivity index (χ2n) is 2.96. The third-order valence-corrected chi connectivity index (χ3v) is 1.99. The highest BCUT2D eigenvalue weighted by Gasteiger charge is 2.10. The first-order chi connectivity index (χ1) is 6.76. The van der Waals surface area contributed by atoms with Gasteiger partial charge in [0.05, 0.1) is 26.5 Å². The lowest BCUT2D eigenvalue weighted by Crippen LogP contribution is -2.29. The van der Waals surface area contributed by atoms with Gasteiger partial charge in [-0.25, -0.2) is 0 Å². The van der Waals surface area contributed by atoms with Crippen LogP contribution in [0.3, 0.4) is 0 Å². The Morgan fingerprint density at radius 1 is 1.64 bits per heavy atom. The Bertz CT molecular complexity index is 269. The lowest BCUT2D eigenvalue weighted by molar-refractivity contribution is -0.142. The predicted octanol–water partition coefficient (Wildman–Crippen LogP) is 1.27. The fraction of sp³-hybridized carbons (Fsp3) is 0.500. The van der Waals surface area contributed by atoms with Gasteiger partial charge in [0.15, 0.2) is 0 Å². The number of carbonyl (C=O) groups excluding carboxylic acids is 1. The van der Waals surface area contributed by atoms with Gasteiger partial charge in [-0.1, -0.05) is 6.92 Å². The van der Waals surface area contributed by atoms with Gasteiger partial charge in [0, 0.05) is 0 Å². The van der Waals surface area contributed by atoms with Crippen LogP contribution in [0.15, 0.2) is 22.8 Å². The summed E-state index contributed by atoms with van der Waals surface area (Å²) >= 11 is 0. The Balaban J connectivity index is 2.43. The number of hydrogen-bond acceptors (Lipinski definition) is 4. The third kappa shape index (κ3) is 3.22. The molecule has 1 heterocycles. The highest BCUT2D eigenvalue weighted by atomic mass is 16.5. The van der Waals surface area contributed by atoms with E-state index in [0.29, 0.717) is 13.1 Å². The summed E-state index contributed by atoms with van der Waals surface area (Å²) < 4.78 is 9.78. The number of hydrogen-bond donors (Lipinski definition) is 0. The summed E-state index contributed by atoms with van der Waals surface area (Å²) in [6.07, 6.45) is 1.63. The van der Waals surface area contributed by atoms with E-state index in [2.05, 4.69) is 4.74 Å². The van der Waals surface area contributed by atoms with Crippen LogP contribution in [0.2, 0.25) is 0 Å². The van der Waals surface area contributed by atoms with Crippen molar-refractivity contribution in [2.45, 2.75) is 13.5 Å². The number of ether oxygens (including phenoxy) is 1. The van der Waals surface area contributed by atoms with E-state index in [4.69, 9.17) is 4.42 Å². The monoisotopic (exact) mass is 197 g/mol. The first kappa shape index (κ1) is 10.8. The Morgan fingerprint density at radius 3 is 2.93 bits per heavy atom. The predicted molar refractivity (Wildman–Crippen MR) is 51.7 cm³/mol. The maximum absolute atomic E-state index is 11.0. The molecule has 1 rings (SSSR count). The SMILES string of the molecule is CCN(CC(=O)OC)Cc1ccco1. The van der Waals surface area contributed by atoms with E-state index in [1.165, 1.54) is 7.11 Å². The molecule has 0 fully saturated rings. The highest BCUT2D eigenvalue weighted by molar-refractivity contribution is 5.71. The molecule has 4 nitrogen and oxygen atoms in total. The van der Waals surface area contributed by atoms with Crippen LogP contribution in [0, 0.1) is 0 Å². The molecule has 14 heavy (non-hydrogen) atoms. The number of esters is 1. The minimum Gasteiger partial charge on any atom is -0.468 e. The van der Waals surface area contributed by atoms with E-state index in [-0.39, 0.29) is 5.97 Å². The minimum absolute atomic E-state index is 0.224. The smallest absolute Gasteiger partial charge is 0.319 e. The van der Waals surface area contributed by atoms with Crippen LogP contribution < -0.4 is 0 Å². The van der Waals surface area contributed by atoms with Crippen molar-refractivity contribution < 1.29 is 13.9 Å². The molecule has 0 saturated carbocycles. The number of rotatable bonds is 5. The lowest BCUT2D eigenvalue weighted by Gasteiger charge is -2.16. The first-order valence-corrected chi connectivity index (χ1v) is 4.57. The van der Waals surface area contributed by atoms with Crippen LogP contribution in [0.25, 0.3) is 0 Å². The maximum Gasteiger partial charge on any atom is 0.319 e. The van der Waals surface area contributed by atoms with Crippen molar-refractivity contribution in [2.24, 2.45) is 0 Å². The molecule has 78 valence electrons. The summed E-state index contributed by atoms with van der Waals surface area (Å²) in [5.74, 6) is 0.633. The van der Waals surface area contributed by atoms with E-state index in [0.717, 1.165) is 12.3 Å². The molecule has 0 unspecified atom stereocenters. The van der Waals surface area contributed by atoms with Gasteiger partial charge in [0.2, 0.25) is 0 Å². The molecular formula is C10H15NO3. The summed E-state index contributed by atoms with van der Waals surface area (Å²) in [6, 6.07) is 3.72. The molecule has 0 aliphatic heterocycles. The number of carbonyl (C=O) groups is 1. The molecule has 0 saturated heterocycles. The summed E-state index contributed by atoms with van der Waals surface area (Å²) in [6.45, 7) is 3.72. The Hall–Kier alpha value is -1.29. The zero-order valence-electron chi connectivity index (χ0n) is 8.53. The van der Waals surface area contributed by atoms with Gasteiger partial charge in [-0.05, 0) is 18.7 Å². The van der Waals surface area contributed by atoms with Gasteiger partial charge in [-0.2, -0.15) is 0 Å². The van der Waals surface area contributed by atoms with E-state index in [1.54, 1.807) is 6.26 Å². The topological polar surface area (TPSA) is 42.7 Å². The molecule has 0 aliphatic carbocycles. The molecule has 0 amide bonds. The summed E-state index contributed by atoms with van der Waals surface area (Å²) in [5, 5.41) is 0. The second-order valence-corrected chi connectivity index (χ2v) is 2.96. The van der Waals surface area contributed by atoms with Crippen molar-refractivity contribution >= 4 is 5.97 Å². The first-order valence-electron chi connectivity index (χ1n) is 4.57. The highest BCUT2D eigenvalue weighted by Crippen LogP contribution is 2.04. The van der Waals surface area contributed by atoms with Crippen molar-refractivity contribution in [3.05, 3.63) is 24.2 Å². The summed E-state index contributed by atoms with van der Waals surface area (Å²) in [7, 11) is 1.39. The van der Waals surface area contributed by atoms with Crippen LogP contribution in [-0.4, -0.2) is 31.1 Å². The standard InChI is InChI=1S/C10H15NO3/c1-3-11(8-10(12)13-2)7-9-5-4-6-14-9/h4-6H,3,7-8H2,1-2H3. The van der Waals surface area contributed by atoms with Gasteiger partial charge in [0.1, 0.15) is 5.76 Å². The minimum atomic E-state index is -0.224. The second kappa shape index (κ2) is 5.44. The lowest BCUT2D eigenvalue weighted by atomic mass is 10.4. The largest absolute Gasteiger partial charge is 0.468 e. The Morgan fingerprint density at radius 2 is 2.43 bits per heavy atom. The third-order valence-electron chi connectivity index (χ3n) is 1.99. The number of methoxy groups -OCH3 is 1. The van der Waals surface area contributed by atoms with Crippen molar-refractivity contribution in [1.29, 1.82) is 0 Å². The molecule has 4 heteroatoms. The summed E-state index contributed by atoms with van der Waals surface area (Å²) in [5.41, 5.74) is 0. The zero-order chi connectivity index (χ0) is 10.4. The van der Waals surface area contributed by atoms with E-state index >= 15 is 0 Å². The van der Waals surface area contributed by atoms with Crippen LogP contribution in [0.1, 0.15) is 12.7 Å². The fourth-order valence-electron chi connectivity index (χ4n) is 1.15. The Kier molecular flexibility index (Phi) is 4.19. The van der Waals surface area contributed by atoms with Crippen LogP contribution in [0.5, 0.6) is 0 Å². The number of nitrogens with zero attached hydrogens (tertiary/aromatic N) is 1. The van der Waals surface area contributed by atoms with Crippen LogP contribution in [0.4, 0.5) is 0 Å². The average Bonchev–Trinajstić information content (AvgIpc) is 2.69. The fourth-order valence-corrected chi connectivity index (χ4v) is 1.15. The maximum atomic E-state index is 11.0. The summed E-state index contributed by atoms with van der Waals surface area (Å²) in [4.78, 5) is 13.0. The molecule has 0 aromatic carbocycles. The molecule has 1 aromatic rings. The van der Waals surface area contributed by atoms with Gasteiger partial charge in [-0.3, -0.25) is 9.69 Å². The van der Waals surface area contributed by atoms with Crippen molar-refractivity contribution in [3.8, 4) is 0 Å². The number of likely N-dealkylation sites (N-methyl/N-ethyl adjacent to an activating group) is 1. The molecule has 0 N–H and O–H groups in total. The normalized spacial score (nSPS) is 10.5. The zero-order valence-corrected chi connectivity index (χ0v) is 8.53. The molecule has 1 aromatic heterocycles. The Labute approximate surface area is 83.5 Å². The average molecular weight is 197 g/mol. The molecular weight excluding hydrogens is 182 g/mol. The van der Waals surface area contributed by atoms with Crippen molar-refractivity contribution in [1.82, 2.24) is 4.90 Å². The van der Waals surface area contributed by atoms with E-state index in [1.807, 2.05) is 24.0 Å². The molecule has 0 aliphatic rings. The van der Waals surface area contributed by atoms with Gasteiger partial charge < -0.3 is 9.15 Å². The molecule has 0 atom stereocenters. The molecule has 0 radical (unpaired) electrons. The van der Waals surface area contributed by atoms with E-state index in [9.17, 15) is 4.79 Å². The van der Waals surface area contributed by atoms with Crippen LogP contribution >= 0.6 is 0 Å². The van der Waals surface area contributed by atoms with Crippen LogP contribution in [-0.2, 0) is 16.1 Å². The number of furan rings is 1. The van der Waals surface area contributed by atoms with Gasteiger partial charge in [-0.15, -0.1) is 0 Å². The van der Waals surface area contributed by atoms with Crippen molar-refractivity contribution in [3.63, 3.8) is 0 Å². The van der Waals surface area contributed by atoms with Crippen molar-refractivity contribution in [2.75, 3.05) is 20.2 Å². The van der Waals surface area contributed by atoms with E-state index < -0.39 is 0 Å². The van der Waals surface area contributed by atoms with Gasteiger partial charge >= 0.3 is 5.97 Å². The molecule has 0 spiro atoms. The molecule has 0 bridgehead atoms. The van der Waals surface area contributed by atoms with Gasteiger partial charge in [0.25, 0.3) is 0 Å². The quantitative estimate of drug-likeness (QED) is 0.667.